The highest BCUT2D eigenvalue weighted by Gasteiger charge is 2.19. The van der Waals surface area contributed by atoms with Gasteiger partial charge in [-0.25, -0.2) is 0 Å². The largest absolute Gasteiger partial charge is 0.462 e. The third-order valence-electron chi connectivity index (χ3n) is 10.7. The van der Waals surface area contributed by atoms with Crippen LogP contribution in [-0.4, -0.2) is 37.2 Å². The molecule has 0 spiro atoms. The minimum absolute atomic E-state index is 0.0645. The number of esters is 3. The Hall–Kier alpha value is -1.59. The summed E-state index contributed by atoms with van der Waals surface area (Å²) in [5, 5.41) is 0. The van der Waals surface area contributed by atoms with Gasteiger partial charge >= 0.3 is 17.9 Å². The summed E-state index contributed by atoms with van der Waals surface area (Å²) in [7, 11) is 0. The van der Waals surface area contributed by atoms with Crippen molar-refractivity contribution >= 4 is 17.9 Å². The molecule has 0 saturated heterocycles. The van der Waals surface area contributed by atoms with Gasteiger partial charge in [-0.1, -0.05) is 214 Å². The zero-order valence-electron chi connectivity index (χ0n) is 35.3. The normalized spacial score (nSPS) is 12.5. The maximum absolute atomic E-state index is 12.7. The van der Waals surface area contributed by atoms with Crippen molar-refractivity contribution in [3.63, 3.8) is 0 Å². The van der Waals surface area contributed by atoms with E-state index in [4.69, 9.17) is 14.2 Å². The highest BCUT2D eigenvalue weighted by molar-refractivity contribution is 5.71. The molecule has 52 heavy (non-hydrogen) atoms. The van der Waals surface area contributed by atoms with Crippen molar-refractivity contribution in [1.29, 1.82) is 0 Å². The molecule has 0 radical (unpaired) electrons. The minimum atomic E-state index is -0.759. The van der Waals surface area contributed by atoms with E-state index in [1.54, 1.807) is 0 Å². The number of rotatable bonds is 41. The summed E-state index contributed by atoms with van der Waals surface area (Å²) in [6, 6.07) is 0. The molecule has 0 aromatic carbocycles. The molecule has 0 saturated carbocycles. The SMILES string of the molecule is CCCCCCCCCCCCCCCCC(=O)O[C@@H](COC(=O)CCCCCCCCCCCC)COC(=O)CCCCCCCCC(C)CC. The highest BCUT2D eigenvalue weighted by Crippen LogP contribution is 2.17. The molecule has 2 atom stereocenters. The standard InChI is InChI=1S/C46H88O6/c1-5-8-10-12-14-16-18-19-20-21-23-25-31-35-39-46(49)52-43(40-50-44(47)37-33-29-24-22-17-15-13-11-9-6-2)41-51-45(48)38-34-30-27-26-28-32-36-42(4)7-3/h42-43H,5-41H2,1-4H3/t42?,43-/m0/s1. The van der Waals surface area contributed by atoms with Gasteiger partial charge in [0, 0.05) is 19.3 Å². The van der Waals surface area contributed by atoms with E-state index in [2.05, 4.69) is 27.7 Å². The first-order valence-electron chi connectivity index (χ1n) is 22.9. The molecule has 0 aliphatic carbocycles. The fourth-order valence-corrected chi connectivity index (χ4v) is 6.77. The number of carbonyl (C=O) groups excluding carboxylic acids is 3. The molecule has 0 bridgehead atoms. The van der Waals surface area contributed by atoms with Crippen LogP contribution in [0.25, 0.3) is 0 Å². The van der Waals surface area contributed by atoms with Gasteiger partial charge in [0.15, 0.2) is 6.10 Å². The Bertz CT molecular complexity index is 783. The molecule has 0 aliphatic heterocycles. The maximum atomic E-state index is 12.7. The molecule has 0 aromatic heterocycles. The van der Waals surface area contributed by atoms with Gasteiger partial charge in [0.05, 0.1) is 0 Å². The van der Waals surface area contributed by atoms with Crippen LogP contribution in [0.1, 0.15) is 252 Å². The van der Waals surface area contributed by atoms with E-state index in [0.717, 1.165) is 63.7 Å². The summed E-state index contributed by atoms with van der Waals surface area (Å²) in [4.78, 5) is 37.7. The molecule has 0 fully saturated rings. The number of hydrogen-bond acceptors (Lipinski definition) is 6. The monoisotopic (exact) mass is 737 g/mol. The molecule has 0 amide bonds. The van der Waals surface area contributed by atoms with Crippen molar-refractivity contribution in [2.24, 2.45) is 5.92 Å². The Balaban J connectivity index is 4.33. The molecule has 0 aromatic rings. The predicted octanol–water partition coefficient (Wildman–Crippen LogP) is 14.3. The molecule has 0 rings (SSSR count). The van der Waals surface area contributed by atoms with E-state index in [1.165, 1.54) is 148 Å². The summed E-state index contributed by atoms with van der Waals surface area (Å²) in [5.74, 6) is -0.0430. The number of hydrogen-bond donors (Lipinski definition) is 0. The van der Waals surface area contributed by atoms with Crippen LogP contribution in [0.15, 0.2) is 0 Å². The summed E-state index contributed by atoms with van der Waals surface area (Å²) in [6.45, 7) is 8.96. The lowest BCUT2D eigenvalue weighted by Gasteiger charge is -2.18. The van der Waals surface area contributed by atoms with Crippen molar-refractivity contribution in [3.05, 3.63) is 0 Å². The Morgan fingerprint density at radius 2 is 0.673 bits per heavy atom. The summed E-state index contributed by atoms with van der Waals surface area (Å²) < 4.78 is 16.7. The molecule has 6 nitrogen and oxygen atoms in total. The van der Waals surface area contributed by atoms with E-state index in [0.29, 0.717) is 19.3 Å². The summed E-state index contributed by atoms with van der Waals surface area (Å²) in [5.41, 5.74) is 0. The second kappa shape index (κ2) is 40.6. The number of carbonyl (C=O) groups is 3. The Morgan fingerprint density at radius 3 is 1.00 bits per heavy atom. The Kier molecular flexibility index (Phi) is 39.4. The minimum Gasteiger partial charge on any atom is -0.462 e. The van der Waals surface area contributed by atoms with Gasteiger partial charge in [-0.05, 0) is 25.2 Å². The Morgan fingerprint density at radius 1 is 0.385 bits per heavy atom. The number of unbranched alkanes of at least 4 members (excludes halogenated alkanes) is 27. The highest BCUT2D eigenvalue weighted by atomic mass is 16.6. The van der Waals surface area contributed by atoms with Crippen molar-refractivity contribution in [2.75, 3.05) is 13.2 Å². The molecule has 0 N–H and O–H groups in total. The lowest BCUT2D eigenvalue weighted by molar-refractivity contribution is -0.167. The first kappa shape index (κ1) is 50.4. The average molecular weight is 737 g/mol. The van der Waals surface area contributed by atoms with Gasteiger partial charge in [-0.2, -0.15) is 0 Å². The summed E-state index contributed by atoms with van der Waals surface area (Å²) in [6.07, 6.45) is 39.4. The molecule has 6 heteroatoms. The zero-order valence-corrected chi connectivity index (χ0v) is 35.3. The lowest BCUT2D eigenvalue weighted by Crippen LogP contribution is -2.30. The second-order valence-corrected chi connectivity index (χ2v) is 15.9. The van der Waals surface area contributed by atoms with Gasteiger partial charge in [-0.15, -0.1) is 0 Å². The van der Waals surface area contributed by atoms with Crippen LogP contribution in [0, 0.1) is 5.92 Å². The first-order chi connectivity index (χ1) is 25.4. The van der Waals surface area contributed by atoms with Crippen molar-refractivity contribution < 1.29 is 28.6 Å². The fraction of sp³-hybridized carbons (Fsp3) is 0.935. The van der Waals surface area contributed by atoms with Gasteiger partial charge in [0.25, 0.3) is 0 Å². The summed E-state index contributed by atoms with van der Waals surface area (Å²) >= 11 is 0. The zero-order chi connectivity index (χ0) is 38.2. The van der Waals surface area contributed by atoms with Crippen LogP contribution in [0.4, 0.5) is 0 Å². The molecule has 1 unspecified atom stereocenters. The second-order valence-electron chi connectivity index (χ2n) is 15.9. The van der Waals surface area contributed by atoms with Crippen molar-refractivity contribution in [2.45, 2.75) is 259 Å². The topological polar surface area (TPSA) is 78.9 Å². The van der Waals surface area contributed by atoms with Gasteiger partial charge < -0.3 is 14.2 Å². The van der Waals surface area contributed by atoms with E-state index in [-0.39, 0.29) is 31.1 Å². The average Bonchev–Trinajstić information content (AvgIpc) is 3.14. The lowest BCUT2D eigenvalue weighted by atomic mass is 10.00. The first-order valence-corrected chi connectivity index (χ1v) is 22.9. The number of ether oxygens (including phenoxy) is 3. The molecular formula is C46H88O6. The van der Waals surface area contributed by atoms with Crippen LogP contribution in [0.5, 0.6) is 0 Å². The van der Waals surface area contributed by atoms with Crippen LogP contribution in [0.3, 0.4) is 0 Å². The van der Waals surface area contributed by atoms with Crippen LogP contribution >= 0.6 is 0 Å². The van der Waals surface area contributed by atoms with Crippen LogP contribution < -0.4 is 0 Å². The van der Waals surface area contributed by atoms with E-state index in [1.807, 2.05) is 0 Å². The maximum Gasteiger partial charge on any atom is 0.306 e. The molecule has 308 valence electrons. The third-order valence-corrected chi connectivity index (χ3v) is 10.7. The molecule has 0 aliphatic rings. The Labute approximate surface area is 323 Å². The van der Waals surface area contributed by atoms with Gasteiger partial charge in [-0.3, -0.25) is 14.4 Å². The van der Waals surface area contributed by atoms with E-state index < -0.39 is 6.10 Å². The van der Waals surface area contributed by atoms with E-state index in [9.17, 15) is 14.4 Å². The van der Waals surface area contributed by atoms with Gasteiger partial charge in [0.1, 0.15) is 13.2 Å². The smallest absolute Gasteiger partial charge is 0.306 e. The quantitative estimate of drug-likeness (QED) is 0.0353. The molecular weight excluding hydrogens is 648 g/mol. The van der Waals surface area contributed by atoms with Crippen LogP contribution in [0.2, 0.25) is 0 Å². The van der Waals surface area contributed by atoms with Gasteiger partial charge in [0.2, 0.25) is 0 Å². The predicted molar refractivity (Wildman–Crippen MR) is 220 cm³/mol. The molecule has 0 heterocycles. The van der Waals surface area contributed by atoms with Crippen LogP contribution in [-0.2, 0) is 28.6 Å². The van der Waals surface area contributed by atoms with E-state index >= 15 is 0 Å². The van der Waals surface area contributed by atoms with Crippen molar-refractivity contribution in [1.82, 2.24) is 0 Å². The van der Waals surface area contributed by atoms with Crippen molar-refractivity contribution in [3.8, 4) is 0 Å². The fourth-order valence-electron chi connectivity index (χ4n) is 6.77. The third kappa shape index (κ3) is 38.1.